The van der Waals surface area contributed by atoms with Gasteiger partial charge in [0.2, 0.25) is 12.7 Å². The fourth-order valence-electron chi connectivity index (χ4n) is 4.27. The first-order valence-electron chi connectivity index (χ1n) is 11.9. The molecule has 2 N–H and O–H groups in total. The van der Waals surface area contributed by atoms with Gasteiger partial charge in [0, 0.05) is 18.8 Å². The second-order valence-corrected chi connectivity index (χ2v) is 13.3. The van der Waals surface area contributed by atoms with Gasteiger partial charge < -0.3 is 20.1 Å². The Morgan fingerprint density at radius 1 is 1.03 bits per heavy atom. The quantitative estimate of drug-likeness (QED) is 0.370. The number of carbonyl (C=O) groups excluding carboxylic acids is 1. The number of aromatic nitrogens is 1. The highest BCUT2D eigenvalue weighted by Crippen LogP contribution is 2.38. The maximum atomic E-state index is 14.3. The molecule has 0 radical (unpaired) electrons. The average molecular weight is 560 g/mol. The molecule has 1 aromatic heterocycles. The summed E-state index contributed by atoms with van der Waals surface area (Å²) in [6.07, 6.45) is 0.736. The minimum absolute atomic E-state index is 0.0840. The van der Waals surface area contributed by atoms with Crippen LogP contribution < -0.4 is 15.2 Å². The number of ether oxygens (including phenoxy) is 2. The third-order valence-corrected chi connectivity index (χ3v) is 10.7. The van der Waals surface area contributed by atoms with E-state index in [0.717, 1.165) is 6.92 Å². The van der Waals surface area contributed by atoms with Gasteiger partial charge in [0.25, 0.3) is 0 Å². The number of sulfone groups is 2. The number of carbonyl (C=O) groups is 1. The lowest BCUT2D eigenvalue weighted by Gasteiger charge is -2.37. The van der Waals surface area contributed by atoms with Crippen LogP contribution in [-0.2, 0) is 24.5 Å². The first-order valence-corrected chi connectivity index (χ1v) is 15.0. The fourth-order valence-corrected chi connectivity index (χ4v) is 8.23. The number of hydrogen-bond donors (Lipinski definition) is 1. The van der Waals surface area contributed by atoms with E-state index in [4.69, 9.17) is 15.2 Å². The highest BCUT2D eigenvalue weighted by molar-refractivity contribution is 7.96. The number of amides is 1. The summed E-state index contributed by atoms with van der Waals surface area (Å²) in [5.41, 5.74) is 7.04. The first-order chi connectivity index (χ1) is 18.0. The zero-order valence-corrected chi connectivity index (χ0v) is 22.6. The van der Waals surface area contributed by atoms with Crippen LogP contribution in [0.15, 0.2) is 82.8 Å². The summed E-state index contributed by atoms with van der Waals surface area (Å²) in [6, 6.07) is 16.9. The fraction of sp³-hybridized carbons (Fsp3) is 0.308. The number of benzene rings is 2. The molecule has 4 rings (SSSR count). The van der Waals surface area contributed by atoms with E-state index in [1.807, 2.05) is 6.92 Å². The van der Waals surface area contributed by atoms with Gasteiger partial charge in [-0.2, -0.15) is 0 Å². The molecule has 2 atom stereocenters. The lowest BCUT2D eigenvalue weighted by Crippen LogP contribution is -2.57. The van der Waals surface area contributed by atoms with Crippen LogP contribution in [0.1, 0.15) is 32.0 Å². The standard InChI is InChI=1S/C26H29N3O7S2/c1-3-15-29(24(27)19-9-5-4-6-10-19)25(30)26(2,17-37(31,32)23-11-7-8-14-28-23)38(33,34)20-12-13-21-22(16-20)36-18-35-21/h4-14,16,24H,3,15,17-18,27H2,1-2H3/t24-,26-/m0/s1. The number of pyridine rings is 1. The molecule has 0 unspecified atom stereocenters. The average Bonchev–Trinajstić information content (AvgIpc) is 3.40. The van der Waals surface area contributed by atoms with Crippen molar-refractivity contribution < 1.29 is 31.1 Å². The van der Waals surface area contributed by atoms with Crippen molar-refractivity contribution in [3.05, 3.63) is 78.5 Å². The van der Waals surface area contributed by atoms with Gasteiger partial charge in [-0.25, -0.2) is 21.8 Å². The van der Waals surface area contributed by atoms with E-state index >= 15 is 0 Å². The first kappa shape index (κ1) is 27.6. The lowest BCUT2D eigenvalue weighted by atomic mass is 10.1. The molecule has 0 spiro atoms. The lowest BCUT2D eigenvalue weighted by molar-refractivity contribution is -0.135. The van der Waals surface area contributed by atoms with Crippen molar-refractivity contribution in [2.75, 3.05) is 19.1 Å². The van der Waals surface area contributed by atoms with Gasteiger partial charge in [0.15, 0.2) is 40.9 Å². The summed E-state index contributed by atoms with van der Waals surface area (Å²) >= 11 is 0. The van der Waals surface area contributed by atoms with Crippen LogP contribution in [0, 0.1) is 0 Å². The Hall–Kier alpha value is -3.48. The number of rotatable bonds is 10. The molecule has 202 valence electrons. The molecule has 10 nitrogen and oxygen atoms in total. The van der Waals surface area contributed by atoms with Crippen LogP contribution in [0.25, 0.3) is 0 Å². The maximum Gasteiger partial charge on any atom is 0.246 e. The Kier molecular flexibility index (Phi) is 7.77. The molecule has 2 aromatic carbocycles. The molecular weight excluding hydrogens is 530 g/mol. The molecule has 1 amide bonds. The van der Waals surface area contributed by atoms with E-state index in [2.05, 4.69) is 4.98 Å². The SMILES string of the molecule is CCCN(C(=O)[C@](C)(CS(=O)(=O)c1ccccn1)S(=O)(=O)c1ccc2c(c1)OCO2)[C@H](N)c1ccccc1. The molecule has 0 saturated carbocycles. The predicted molar refractivity (Wildman–Crippen MR) is 140 cm³/mol. The molecule has 2 heterocycles. The van der Waals surface area contributed by atoms with Gasteiger partial charge >= 0.3 is 0 Å². The summed E-state index contributed by atoms with van der Waals surface area (Å²) in [5.74, 6) is -1.46. The zero-order chi connectivity index (χ0) is 27.6. The molecule has 0 aliphatic carbocycles. The molecule has 1 aliphatic rings. The third kappa shape index (κ3) is 5.11. The Morgan fingerprint density at radius 3 is 2.37 bits per heavy atom. The Morgan fingerprint density at radius 2 is 1.71 bits per heavy atom. The van der Waals surface area contributed by atoms with Crippen LogP contribution in [0.2, 0.25) is 0 Å². The molecule has 12 heteroatoms. The van der Waals surface area contributed by atoms with E-state index in [1.54, 1.807) is 30.3 Å². The minimum atomic E-state index is -4.63. The van der Waals surface area contributed by atoms with Gasteiger partial charge in [0.05, 0.1) is 10.6 Å². The van der Waals surface area contributed by atoms with Crippen molar-refractivity contribution in [1.82, 2.24) is 9.88 Å². The summed E-state index contributed by atoms with van der Waals surface area (Å²) in [4.78, 5) is 19.1. The van der Waals surface area contributed by atoms with Gasteiger partial charge in [0.1, 0.15) is 6.17 Å². The Labute approximate surface area is 222 Å². The molecule has 1 aliphatic heterocycles. The molecule has 0 fully saturated rings. The van der Waals surface area contributed by atoms with E-state index in [0.29, 0.717) is 17.7 Å². The Balaban J connectivity index is 1.86. The summed E-state index contributed by atoms with van der Waals surface area (Å²) < 4.78 is 63.5. The summed E-state index contributed by atoms with van der Waals surface area (Å²) in [6.45, 7) is 2.95. The monoisotopic (exact) mass is 559 g/mol. The normalized spacial score (nSPS) is 15.4. The van der Waals surface area contributed by atoms with Gasteiger partial charge in [-0.15, -0.1) is 0 Å². The zero-order valence-electron chi connectivity index (χ0n) is 21.0. The molecule has 3 aromatic rings. The maximum absolute atomic E-state index is 14.3. The Bertz CT molecular complexity index is 1510. The second kappa shape index (κ2) is 10.7. The molecular formula is C26H29N3O7S2. The van der Waals surface area contributed by atoms with Crippen LogP contribution in [0.5, 0.6) is 11.5 Å². The van der Waals surface area contributed by atoms with E-state index < -0.39 is 42.2 Å². The summed E-state index contributed by atoms with van der Waals surface area (Å²) in [7, 11) is -8.97. The van der Waals surface area contributed by atoms with Gasteiger partial charge in [-0.1, -0.05) is 43.3 Å². The van der Waals surface area contributed by atoms with Crippen LogP contribution in [0.3, 0.4) is 0 Å². The van der Waals surface area contributed by atoms with Crippen molar-refractivity contribution in [3.8, 4) is 11.5 Å². The van der Waals surface area contributed by atoms with Gasteiger partial charge in [-0.05, 0) is 43.2 Å². The highest BCUT2D eigenvalue weighted by atomic mass is 32.2. The van der Waals surface area contributed by atoms with Crippen molar-refractivity contribution in [2.45, 2.75) is 41.1 Å². The van der Waals surface area contributed by atoms with Crippen molar-refractivity contribution in [1.29, 1.82) is 0 Å². The van der Waals surface area contributed by atoms with Crippen molar-refractivity contribution in [3.63, 3.8) is 0 Å². The molecule has 0 saturated heterocycles. The number of nitrogens with zero attached hydrogens (tertiary/aromatic N) is 2. The topological polar surface area (TPSA) is 146 Å². The smallest absolute Gasteiger partial charge is 0.246 e. The van der Waals surface area contributed by atoms with E-state index in [-0.39, 0.29) is 29.0 Å². The second-order valence-electron chi connectivity index (χ2n) is 9.03. The van der Waals surface area contributed by atoms with Crippen molar-refractivity contribution in [2.24, 2.45) is 5.73 Å². The largest absolute Gasteiger partial charge is 0.454 e. The number of fused-ring (bicyclic) bond motifs is 1. The number of hydrogen-bond acceptors (Lipinski definition) is 9. The van der Waals surface area contributed by atoms with Gasteiger partial charge in [-0.3, -0.25) is 4.79 Å². The van der Waals surface area contributed by atoms with Crippen LogP contribution in [-0.4, -0.2) is 56.5 Å². The summed E-state index contributed by atoms with van der Waals surface area (Å²) in [5, 5.41) is -0.339. The number of nitrogens with two attached hydrogens (primary N) is 1. The van der Waals surface area contributed by atoms with E-state index in [9.17, 15) is 21.6 Å². The molecule has 38 heavy (non-hydrogen) atoms. The third-order valence-electron chi connectivity index (χ3n) is 6.32. The predicted octanol–water partition coefficient (Wildman–Crippen LogP) is 2.71. The highest BCUT2D eigenvalue weighted by Gasteiger charge is 2.53. The minimum Gasteiger partial charge on any atom is -0.454 e. The van der Waals surface area contributed by atoms with Crippen molar-refractivity contribution >= 4 is 25.6 Å². The molecule has 0 bridgehead atoms. The van der Waals surface area contributed by atoms with E-state index in [1.165, 1.54) is 47.5 Å². The van der Waals surface area contributed by atoms with Crippen LogP contribution in [0.4, 0.5) is 0 Å². The van der Waals surface area contributed by atoms with Crippen LogP contribution >= 0.6 is 0 Å².